The molecule has 1 aliphatic carbocycles. The van der Waals surface area contributed by atoms with Gasteiger partial charge in [0.05, 0.1) is 6.61 Å². The third-order valence-corrected chi connectivity index (χ3v) is 2.62. The quantitative estimate of drug-likeness (QED) is 0.737. The van der Waals surface area contributed by atoms with Crippen LogP contribution in [0, 0.1) is 5.92 Å². The predicted octanol–water partition coefficient (Wildman–Crippen LogP) is 2.44. The number of rotatable bonds is 7. The summed E-state index contributed by atoms with van der Waals surface area (Å²) in [6, 6.07) is 1.91. The summed E-state index contributed by atoms with van der Waals surface area (Å²) in [4.78, 5) is 8.78. The van der Waals surface area contributed by atoms with Crippen LogP contribution in [0.25, 0.3) is 0 Å². The van der Waals surface area contributed by atoms with Gasteiger partial charge in [0.15, 0.2) is 0 Å². The minimum atomic E-state index is 0.593. The Morgan fingerprint density at radius 1 is 1.47 bits per heavy atom. The van der Waals surface area contributed by atoms with E-state index in [0.29, 0.717) is 11.8 Å². The second kappa shape index (κ2) is 5.96. The van der Waals surface area contributed by atoms with E-state index in [1.54, 1.807) is 0 Å². The Hall–Kier alpha value is -1.16. The van der Waals surface area contributed by atoms with E-state index in [1.807, 2.05) is 12.3 Å². The molecular formula is C13H21N3O. The van der Waals surface area contributed by atoms with Crippen LogP contribution in [0.1, 0.15) is 38.4 Å². The first-order valence-electron chi connectivity index (χ1n) is 6.40. The van der Waals surface area contributed by atoms with E-state index in [4.69, 9.17) is 4.74 Å². The third kappa shape index (κ3) is 4.30. The first-order valence-corrected chi connectivity index (χ1v) is 6.40. The molecule has 1 saturated carbocycles. The molecule has 0 atom stereocenters. The van der Waals surface area contributed by atoms with Gasteiger partial charge in [-0.3, -0.25) is 0 Å². The summed E-state index contributed by atoms with van der Waals surface area (Å²) in [5.74, 6) is 3.10. The number of ether oxygens (including phenoxy) is 1. The molecule has 2 rings (SSSR count). The molecule has 94 valence electrons. The third-order valence-electron chi connectivity index (χ3n) is 2.62. The van der Waals surface area contributed by atoms with Crippen LogP contribution < -0.4 is 5.32 Å². The number of anilines is 1. The van der Waals surface area contributed by atoms with E-state index in [1.165, 1.54) is 12.8 Å². The van der Waals surface area contributed by atoms with Crippen molar-refractivity contribution < 1.29 is 4.74 Å². The molecule has 0 bridgehead atoms. The smallest absolute Gasteiger partial charge is 0.133 e. The summed E-state index contributed by atoms with van der Waals surface area (Å²) in [6.07, 6.45) is 4.31. The fraction of sp³-hybridized carbons (Fsp3) is 0.692. The van der Waals surface area contributed by atoms with Gasteiger partial charge < -0.3 is 10.1 Å². The Labute approximate surface area is 103 Å². The van der Waals surface area contributed by atoms with E-state index in [2.05, 4.69) is 29.1 Å². The zero-order valence-corrected chi connectivity index (χ0v) is 10.6. The van der Waals surface area contributed by atoms with Crippen LogP contribution in [0.2, 0.25) is 0 Å². The molecule has 4 heteroatoms. The van der Waals surface area contributed by atoms with Crippen molar-refractivity contribution in [3.8, 4) is 0 Å². The highest BCUT2D eigenvalue weighted by atomic mass is 16.5. The topological polar surface area (TPSA) is 47.0 Å². The van der Waals surface area contributed by atoms with Crippen LogP contribution in [0.3, 0.4) is 0 Å². The SMILES string of the molecule is CC(C)COCCNc1ccnc(C2CC2)n1. The van der Waals surface area contributed by atoms with Crippen molar-refractivity contribution in [3.63, 3.8) is 0 Å². The molecule has 4 nitrogen and oxygen atoms in total. The highest BCUT2D eigenvalue weighted by molar-refractivity contribution is 5.33. The Kier molecular flexibility index (Phi) is 4.31. The second-order valence-electron chi connectivity index (χ2n) is 4.97. The molecule has 0 spiro atoms. The number of hydrogen-bond acceptors (Lipinski definition) is 4. The average molecular weight is 235 g/mol. The molecule has 1 heterocycles. The molecule has 0 amide bonds. The largest absolute Gasteiger partial charge is 0.379 e. The van der Waals surface area contributed by atoms with E-state index >= 15 is 0 Å². The Balaban J connectivity index is 1.69. The minimum Gasteiger partial charge on any atom is -0.379 e. The predicted molar refractivity (Wildman–Crippen MR) is 68.2 cm³/mol. The Bertz CT molecular complexity index is 350. The van der Waals surface area contributed by atoms with Gasteiger partial charge in [-0.05, 0) is 24.8 Å². The summed E-state index contributed by atoms with van der Waals surface area (Å²) in [5, 5.41) is 3.27. The van der Waals surface area contributed by atoms with Crippen LogP contribution in [0.15, 0.2) is 12.3 Å². The minimum absolute atomic E-state index is 0.593. The molecular weight excluding hydrogens is 214 g/mol. The molecule has 1 aromatic rings. The summed E-state index contributed by atoms with van der Waals surface area (Å²) in [5.41, 5.74) is 0. The molecule has 0 radical (unpaired) electrons. The van der Waals surface area contributed by atoms with Crippen LogP contribution >= 0.6 is 0 Å². The molecule has 1 aromatic heterocycles. The van der Waals surface area contributed by atoms with E-state index in [0.717, 1.165) is 31.4 Å². The van der Waals surface area contributed by atoms with Gasteiger partial charge >= 0.3 is 0 Å². The highest BCUT2D eigenvalue weighted by Crippen LogP contribution is 2.37. The Morgan fingerprint density at radius 2 is 2.29 bits per heavy atom. The molecule has 1 N–H and O–H groups in total. The maximum absolute atomic E-state index is 5.50. The molecule has 0 aliphatic heterocycles. The lowest BCUT2D eigenvalue weighted by atomic mass is 10.2. The van der Waals surface area contributed by atoms with Crippen molar-refractivity contribution in [3.05, 3.63) is 18.1 Å². The van der Waals surface area contributed by atoms with Crippen LogP contribution in [-0.2, 0) is 4.74 Å². The maximum Gasteiger partial charge on any atom is 0.133 e. The lowest BCUT2D eigenvalue weighted by Gasteiger charge is -2.08. The van der Waals surface area contributed by atoms with Crippen LogP contribution in [0.4, 0.5) is 5.82 Å². The molecule has 1 aliphatic rings. The standard InChI is InChI=1S/C13H21N3O/c1-10(2)9-17-8-7-14-12-5-6-15-13(16-12)11-3-4-11/h5-6,10-11H,3-4,7-9H2,1-2H3,(H,14,15,16). The van der Waals surface area contributed by atoms with E-state index < -0.39 is 0 Å². The lowest BCUT2D eigenvalue weighted by Crippen LogP contribution is -2.13. The first-order chi connectivity index (χ1) is 8.25. The molecule has 0 aromatic carbocycles. The van der Waals surface area contributed by atoms with Crippen molar-refractivity contribution in [2.75, 3.05) is 25.1 Å². The monoisotopic (exact) mass is 235 g/mol. The lowest BCUT2D eigenvalue weighted by molar-refractivity contribution is 0.118. The molecule has 1 fully saturated rings. The van der Waals surface area contributed by atoms with Crippen molar-refractivity contribution >= 4 is 5.82 Å². The fourth-order valence-electron chi connectivity index (χ4n) is 1.58. The molecule has 0 saturated heterocycles. The number of nitrogens with one attached hydrogen (secondary N) is 1. The fourth-order valence-corrected chi connectivity index (χ4v) is 1.58. The first kappa shape index (κ1) is 12.3. The Morgan fingerprint density at radius 3 is 3.00 bits per heavy atom. The van der Waals surface area contributed by atoms with Gasteiger partial charge in [0.2, 0.25) is 0 Å². The second-order valence-corrected chi connectivity index (χ2v) is 4.97. The van der Waals surface area contributed by atoms with Gasteiger partial charge in [-0.1, -0.05) is 13.8 Å². The normalized spacial score (nSPS) is 15.2. The maximum atomic E-state index is 5.50. The summed E-state index contributed by atoms with van der Waals surface area (Å²) in [6.45, 7) is 6.65. The van der Waals surface area contributed by atoms with Crippen molar-refractivity contribution in [2.45, 2.75) is 32.6 Å². The number of nitrogens with zero attached hydrogens (tertiary/aromatic N) is 2. The molecule has 17 heavy (non-hydrogen) atoms. The van der Waals surface area contributed by atoms with Gasteiger partial charge in [0.25, 0.3) is 0 Å². The summed E-state index contributed by atoms with van der Waals surface area (Å²) < 4.78 is 5.50. The van der Waals surface area contributed by atoms with Gasteiger partial charge in [-0.2, -0.15) is 0 Å². The summed E-state index contributed by atoms with van der Waals surface area (Å²) >= 11 is 0. The van der Waals surface area contributed by atoms with Gasteiger partial charge in [0, 0.05) is 25.3 Å². The zero-order valence-electron chi connectivity index (χ0n) is 10.6. The van der Waals surface area contributed by atoms with E-state index in [9.17, 15) is 0 Å². The number of hydrogen-bond donors (Lipinski definition) is 1. The van der Waals surface area contributed by atoms with Crippen molar-refractivity contribution in [2.24, 2.45) is 5.92 Å². The zero-order chi connectivity index (χ0) is 12.1. The highest BCUT2D eigenvalue weighted by Gasteiger charge is 2.26. The van der Waals surface area contributed by atoms with Gasteiger partial charge in [0.1, 0.15) is 11.6 Å². The van der Waals surface area contributed by atoms with Crippen molar-refractivity contribution in [1.29, 1.82) is 0 Å². The average Bonchev–Trinajstić information content (AvgIpc) is 3.12. The van der Waals surface area contributed by atoms with Crippen LogP contribution in [0.5, 0.6) is 0 Å². The van der Waals surface area contributed by atoms with Gasteiger partial charge in [-0.15, -0.1) is 0 Å². The molecule has 0 unspecified atom stereocenters. The van der Waals surface area contributed by atoms with Crippen molar-refractivity contribution in [1.82, 2.24) is 9.97 Å². The van der Waals surface area contributed by atoms with E-state index in [-0.39, 0.29) is 0 Å². The summed E-state index contributed by atoms with van der Waals surface area (Å²) in [7, 11) is 0. The van der Waals surface area contributed by atoms with Crippen LogP contribution in [-0.4, -0.2) is 29.7 Å². The number of aromatic nitrogens is 2. The van der Waals surface area contributed by atoms with Gasteiger partial charge in [-0.25, -0.2) is 9.97 Å².